The van der Waals surface area contributed by atoms with Crippen molar-refractivity contribution in [2.75, 3.05) is 24.5 Å². The number of aliphatic hydroxyl groups is 1. The number of nitrogens with one attached hydrogen (secondary N) is 1. The topological polar surface area (TPSA) is 116 Å². The van der Waals surface area contributed by atoms with Gasteiger partial charge in [0.25, 0.3) is 5.91 Å². The summed E-state index contributed by atoms with van der Waals surface area (Å²) in [5.41, 5.74) is 2.07. The van der Waals surface area contributed by atoms with Crippen LogP contribution in [-0.2, 0) is 32.4 Å². The smallest absolute Gasteiger partial charge is 0.415 e. The van der Waals surface area contributed by atoms with Crippen LogP contribution in [0.1, 0.15) is 31.9 Å². The number of carbonyl (C=O) groups is 2. The van der Waals surface area contributed by atoms with Gasteiger partial charge in [-0.3, -0.25) is 9.69 Å². The molecule has 3 atom stereocenters. The predicted octanol–water partition coefficient (Wildman–Crippen LogP) is 4.15. The maximum Gasteiger partial charge on any atom is 0.415 e. The van der Waals surface area contributed by atoms with Crippen molar-refractivity contribution in [2.24, 2.45) is 5.92 Å². The van der Waals surface area contributed by atoms with E-state index in [0.717, 1.165) is 22.4 Å². The zero-order chi connectivity index (χ0) is 31.1. The van der Waals surface area contributed by atoms with Crippen molar-refractivity contribution in [3.05, 3.63) is 95.8 Å². The van der Waals surface area contributed by atoms with E-state index in [-0.39, 0.29) is 42.6 Å². The first-order valence-electron chi connectivity index (χ1n) is 14.3. The molecule has 1 saturated heterocycles. The number of ether oxygens (including phenoxy) is 1. The van der Waals surface area contributed by atoms with Gasteiger partial charge in [-0.1, -0.05) is 69.3 Å². The van der Waals surface area contributed by atoms with Crippen molar-refractivity contribution in [2.45, 2.75) is 56.8 Å². The molecule has 11 heteroatoms. The number of sulfonamides is 1. The number of amides is 2. The molecule has 1 fully saturated rings. The van der Waals surface area contributed by atoms with Gasteiger partial charge in [-0.05, 0) is 60.2 Å². The van der Waals surface area contributed by atoms with Crippen LogP contribution in [0.25, 0.3) is 0 Å². The number of rotatable bonds is 13. The lowest BCUT2D eigenvalue weighted by atomic mass is 10.0. The number of halogens is 1. The van der Waals surface area contributed by atoms with Crippen molar-refractivity contribution >= 4 is 27.7 Å². The van der Waals surface area contributed by atoms with E-state index in [0.29, 0.717) is 0 Å². The zero-order valence-corrected chi connectivity index (χ0v) is 25.3. The summed E-state index contributed by atoms with van der Waals surface area (Å²) < 4.78 is 47.7. The van der Waals surface area contributed by atoms with Gasteiger partial charge in [0.2, 0.25) is 10.0 Å². The summed E-state index contributed by atoms with van der Waals surface area (Å²) in [6.45, 7) is 5.49. The third-order valence-corrected chi connectivity index (χ3v) is 9.09. The number of benzene rings is 3. The molecule has 3 aromatic rings. The largest absolute Gasteiger partial charge is 0.434 e. The molecule has 4 rings (SSSR count). The fourth-order valence-corrected chi connectivity index (χ4v) is 6.56. The average Bonchev–Trinajstić information content (AvgIpc) is 3.38. The summed E-state index contributed by atoms with van der Waals surface area (Å²) in [6.07, 6.45) is -2.35. The molecule has 1 aliphatic heterocycles. The van der Waals surface area contributed by atoms with Gasteiger partial charge in [0.15, 0.2) is 6.10 Å². The number of cyclic esters (lactones) is 1. The van der Waals surface area contributed by atoms with E-state index < -0.39 is 46.1 Å². The minimum absolute atomic E-state index is 0.0363. The van der Waals surface area contributed by atoms with Gasteiger partial charge in [-0.15, -0.1) is 0 Å². The summed E-state index contributed by atoms with van der Waals surface area (Å²) in [5.74, 6) is -1.22. The van der Waals surface area contributed by atoms with Crippen LogP contribution in [0.15, 0.2) is 83.8 Å². The monoisotopic (exact) mass is 611 g/mol. The van der Waals surface area contributed by atoms with Crippen LogP contribution in [0.5, 0.6) is 0 Å². The number of aliphatic hydroxyl groups excluding tert-OH is 1. The molecule has 0 spiro atoms. The molecule has 1 aliphatic rings. The van der Waals surface area contributed by atoms with Crippen LogP contribution in [-0.4, -0.2) is 67.7 Å². The quantitative estimate of drug-likeness (QED) is 0.300. The Kier molecular flexibility index (Phi) is 10.5. The maximum absolute atomic E-state index is 13.7. The minimum atomic E-state index is -3.96. The van der Waals surface area contributed by atoms with E-state index in [1.165, 1.54) is 28.6 Å². The van der Waals surface area contributed by atoms with E-state index in [4.69, 9.17) is 4.74 Å². The number of hydrogen-bond donors (Lipinski definition) is 2. The summed E-state index contributed by atoms with van der Waals surface area (Å²) in [5, 5.41) is 14.3. The second-order valence-corrected chi connectivity index (χ2v) is 13.0. The second kappa shape index (κ2) is 14.1. The van der Waals surface area contributed by atoms with Gasteiger partial charge in [-0.25, -0.2) is 17.6 Å². The number of nitrogens with zero attached hydrogens (tertiary/aromatic N) is 2. The highest BCUT2D eigenvalue weighted by molar-refractivity contribution is 7.89. The third-order valence-electron chi connectivity index (χ3n) is 7.24. The first kappa shape index (κ1) is 32.1. The molecule has 0 aromatic heterocycles. The molecule has 2 N–H and O–H groups in total. The zero-order valence-electron chi connectivity index (χ0n) is 24.5. The Balaban J connectivity index is 1.55. The van der Waals surface area contributed by atoms with Crippen LogP contribution < -0.4 is 10.2 Å². The van der Waals surface area contributed by atoms with Crippen LogP contribution in [0.3, 0.4) is 0 Å². The molecule has 3 aromatic carbocycles. The Morgan fingerprint density at radius 2 is 1.74 bits per heavy atom. The molecular weight excluding hydrogens is 573 g/mol. The second-order valence-electron chi connectivity index (χ2n) is 11.0. The van der Waals surface area contributed by atoms with Crippen molar-refractivity contribution in [1.29, 1.82) is 0 Å². The van der Waals surface area contributed by atoms with Crippen LogP contribution in [0.2, 0.25) is 0 Å². The Morgan fingerprint density at radius 3 is 2.37 bits per heavy atom. The minimum Gasteiger partial charge on any atom is -0.434 e. The maximum atomic E-state index is 13.7. The SMILES string of the molecule is CCc1ccc(S(=O)(=O)N(CC(C)C)C[C@@H](O)[C@H](Cc2ccccc2)NC(=O)[C@@H]2CN(c3cccc(F)c3)C(=O)O2)cc1. The first-order valence-corrected chi connectivity index (χ1v) is 15.8. The van der Waals surface area contributed by atoms with Crippen molar-refractivity contribution < 1.29 is 32.2 Å². The van der Waals surface area contributed by atoms with E-state index in [1.54, 1.807) is 24.3 Å². The molecule has 0 radical (unpaired) electrons. The lowest BCUT2D eigenvalue weighted by Crippen LogP contribution is -2.53. The molecule has 9 nitrogen and oxygen atoms in total. The molecular formula is C32H38FN3O6S. The van der Waals surface area contributed by atoms with Gasteiger partial charge >= 0.3 is 6.09 Å². The average molecular weight is 612 g/mol. The highest BCUT2D eigenvalue weighted by atomic mass is 32.2. The van der Waals surface area contributed by atoms with Gasteiger partial charge in [0.1, 0.15) is 5.82 Å². The normalized spacial score (nSPS) is 16.8. The molecule has 43 heavy (non-hydrogen) atoms. The van der Waals surface area contributed by atoms with E-state index >= 15 is 0 Å². The highest BCUT2D eigenvalue weighted by Crippen LogP contribution is 2.24. The Hall–Kier alpha value is -3.80. The first-order chi connectivity index (χ1) is 20.5. The predicted molar refractivity (Wildman–Crippen MR) is 162 cm³/mol. The number of hydrogen-bond acceptors (Lipinski definition) is 6. The number of carbonyl (C=O) groups excluding carboxylic acids is 2. The highest BCUT2D eigenvalue weighted by Gasteiger charge is 2.39. The fourth-order valence-electron chi connectivity index (χ4n) is 4.94. The van der Waals surface area contributed by atoms with Crippen LogP contribution in [0.4, 0.5) is 14.9 Å². The summed E-state index contributed by atoms with van der Waals surface area (Å²) in [4.78, 5) is 27.2. The van der Waals surface area contributed by atoms with Crippen molar-refractivity contribution in [1.82, 2.24) is 9.62 Å². The molecule has 0 unspecified atom stereocenters. The van der Waals surface area contributed by atoms with E-state index in [2.05, 4.69) is 5.32 Å². The van der Waals surface area contributed by atoms with Gasteiger partial charge in [0, 0.05) is 13.1 Å². The standard InChI is InChI=1S/C32H38FN3O6S/c1-4-23-13-15-27(16-14-23)43(40,41)35(19-22(2)3)20-29(37)28(17-24-9-6-5-7-10-24)34-31(38)30-21-36(32(39)42-30)26-12-8-11-25(33)18-26/h5-16,18,22,28-30,37H,4,17,19-21H2,1-3H3,(H,34,38)/t28-,29+,30-/m0/s1. The van der Waals surface area contributed by atoms with E-state index in [1.807, 2.05) is 51.1 Å². The van der Waals surface area contributed by atoms with Crippen LogP contribution in [0, 0.1) is 11.7 Å². The Morgan fingerprint density at radius 1 is 1.05 bits per heavy atom. The Labute approximate surface area is 252 Å². The van der Waals surface area contributed by atoms with Gasteiger partial charge < -0.3 is 15.2 Å². The summed E-state index contributed by atoms with van der Waals surface area (Å²) in [6, 6.07) is 20.3. The number of anilines is 1. The van der Waals surface area contributed by atoms with E-state index in [9.17, 15) is 27.5 Å². The molecule has 1 heterocycles. The lowest BCUT2D eigenvalue weighted by Gasteiger charge is -2.31. The molecule has 0 bridgehead atoms. The number of aryl methyl sites for hydroxylation is 1. The lowest BCUT2D eigenvalue weighted by molar-refractivity contribution is -0.129. The molecule has 0 aliphatic carbocycles. The molecule has 230 valence electrons. The summed E-state index contributed by atoms with van der Waals surface area (Å²) >= 11 is 0. The Bertz CT molecular complexity index is 1500. The van der Waals surface area contributed by atoms with Gasteiger partial charge in [-0.2, -0.15) is 4.31 Å². The fraction of sp³-hybridized carbons (Fsp3) is 0.375. The van der Waals surface area contributed by atoms with Gasteiger partial charge in [0.05, 0.1) is 29.3 Å². The van der Waals surface area contributed by atoms with Crippen molar-refractivity contribution in [3.63, 3.8) is 0 Å². The third kappa shape index (κ3) is 8.19. The van der Waals surface area contributed by atoms with Crippen molar-refractivity contribution in [3.8, 4) is 0 Å². The summed E-state index contributed by atoms with van der Waals surface area (Å²) in [7, 11) is -3.96. The molecule has 2 amide bonds. The molecule has 0 saturated carbocycles. The van der Waals surface area contributed by atoms with Crippen LogP contribution >= 0.6 is 0 Å².